The fourth-order valence-electron chi connectivity index (χ4n) is 2.86. The van der Waals surface area contributed by atoms with Crippen molar-refractivity contribution in [3.05, 3.63) is 64.0 Å². The Hall–Kier alpha value is -2.55. The van der Waals surface area contributed by atoms with Crippen LogP contribution in [0, 0.1) is 11.3 Å². The lowest BCUT2D eigenvalue weighted by molar-refractivity contribution is 0.0766. The van der Waals surface area contributed by atoms with Gasteiger partial charge in [-0.2, -0.15) is 5.26 Å². The van der Waals surface area contributed by atoms with Gasteiger partial charge in [0, 0.05) is 23.2 Å². The Morgan fingerprint density at radius 1 is 1.22 bits per heavy atom. The third-order valence-electron chi connectivity index (χ3n) is 4.32. The van der Waals surface area contributed by atoms with Crippen molar-refractivity contribution in [2.24, 2.45) is 0 Å². The topological polar surface area (TPSA) is 53.3 Å². The van der Waals surface area contributed by atoms with Gasteiger partial charge in [-0.3, -0.25) is 4.79 Å². The maximum atomic E-state index is 13.1. The number of methoxy groups -OCH3 is 1. The van der Waals surface area contributed by atoms with Crippen LogP contribution in [0.2, 0.25) is 5.02 Å². The number of amides is 1. The molecule has 1 amide bonds. The highest BCUT2D eigenvalue weighted by atomic mass is 35.5. The SMILES string of the molecule is COc1ccc2c(Cl)c(C(=O)N(CCC#N)CCc3ccccc3)sc2c1. The van der Waals surface area contributed by atoms with Crippen molar-refractivity contribution in [1.82, 2.24) is 4.90 Å². The number of hydrogen-bond acceptors (Lipinski definition) is 4. The number of carbonyl (C=O) groups is 1. The summed E-state index contributed by atoms with van der Waals surface area (Å²) in [5.74, 6) is 0.594. The molecule has 0 bridgehead atoms. The molecule has 0 saturated carbocycles. The van der Waals surface area contributed by atoms with Gasteiger partial charge < -0.3 is 9.64 Å². The smallest absolute Gasteiger partial charge is 0.265 e. The van der Waals surface area contributed by atoms with Gasteiger partial charge in [0.15, 0.2) is 0 Å². The molecule has 2 aromatic carbocycles. The zero-order chi connectivity index (χ0) is 19.2. The summed E-state index contributed by atoms with van der Waals surface area (Å²) in [4.78, 5) is 15.3. The summed E-state index contributed by atoms with van der Waals surface area (Å²) in [6, 6.07) is 17.7. The molecule has 4 nitrogen and oxygen atoms in total. The van der Waals surface area contributed by atoms with E-state index in [0.717, 1.165) is 27.8 Å². The number of nitriles is 1. The number of nitrogens with zero attached hydrogens (tertiary/aromatic N) is 2. The van der Waals surface area contributed by atoms with Crippen LogP contribution in [-0.2, 0) is 6.42 Å². The van der Waals surface area contributed by atoms with Crippen molar-refractivity contribution >= 4 is 38.9 Å². The predicted octanol–water partition coefficient (Wildman–Crippen LogP) is 5.16. The Labute approximate surface area is 167 Å². The van der Waals surface area contributed by atoms with E-state index in [1.807, 2.05) is 48.5 Å². The van der Waals surface area contributed by atoms with E-state index >= 15 is 0 Å². The van der Waals surface area contributed by atoms with E-state index in [-0.39, 0.29) is 12.3 Å². The summed E-state index contributed by atoms with van der Waals surface area (Å²) >= 11 is 7.86. The molecule has 1 aromatic heterocycles. The van der Waals surface area contributed by atoms with Crippen LogP contribution >= 0.6 is 22.9 Å². The molecule has 0 unspecified atom stereocenters. The highest BCUT2D eigenvalue weighted by molar-refractivity contribution is 7.21. The number of ether oxygens (including phenoxy) is 1. The van der Waals surface area contributed by atoms with Crippen LogP contribution in [0.4, 0.5) is 0 Å². The molecular weight excluding hydrogens is 380 g/mol. The van der Waals surface area contributed by atoms with Crippen LogP contribution in [-0.4, -0.2) is 31.0 Å². The molecule has 6 heteroatoms. The summed E-state index contributed by atoms with van der Waals surface area (Å²) in [6.07, 6.45) is 1.02. The summed E-state index contributed by atoms with van der Waals surface area (Å²) in [7, 11) is 1.61. The Kier molecular flexibility index (Phi) is 6.33. The molecule has 0 N–H and O–H groups in total. The van der Waals surface area contributed by atoms with Crippen molar-refractivity contribution < 1.29 is 9.53 Å². The van der Waals surface area contributed by atoms with Crippen LogP contribution in [0.5, 0.6) is 5.75 Å². The van der Waals surface area contributed by atoms with Crippen molar-refractivity contribution in [3.63, 3.8) is 0 Å². The number of rotatable bonds is 7. The Morgan fingerprint density at radius 2 is 2.00 bits per heavy atom. The van der Waals surface area contributed by atoms with Crippen LogP contribution in [0.25, 0.3) is 10.1 Å². The van der Waals surface area contributed by atoms with E-state index in [4.69, 9.17) is 21.6 Å². The van der Waals surface area contributed by atoms with Crippen LogP contribution < -0.4 is 4.74 Å². The number of carbonyl (C=O) groups excluding carboxylic acids is 1. The fraction of sp³-hybridized carbons (Fsp3) is 0.238. The molecular formula is C21H19ClN2O2S. The van der Waals surface area contributed by atoms with Gasteiger partial charge >= 0.3 is 0 Å². The van der Waals surface area contributed by atoms with E-state index in [9.17, 15) is 4.79 Å². The van der Waals surface area contributed by atoms with Crippen molar-refractivity contribution in [3.8, 4) is 11.8 Å². The van der Waals surface area contributed by atoms with Gasteiger partial charge in [0.1, 0.15) is 10.6 Å². The predicted molar refractivity (Wildman–Crippen MR) is 110 cm³/mol. The van der Waals surface area contributed by atoms with Gasteiger partial charge in [0.2, 0.25) is 0 Å². The first-order chi connectivity index (χ1) is 13.1. The first kappa shape index (κ1) is 19.2. The third kappa shape index (κ3) is 4.41. The lowest BCUT2D eigenvalue weighted by Crippen LogP contribution is -2.33. The first-order valence-corrected chi connectivity index (χ1v) is 9.79. The van der Waals surface area contributed by atoms with Crippen molar-refractivity contribution in [2.75, 3.05) is 20.2 Å². The summed E-state index contributed by atoms with van der Waals surface area (Å²) in [6.45, 7) is 0.925. The Morgan fingerprint density at radius 3 is 2.70 bits per heavy atom. The summed E-state index contributed by atoms with van der Waals surface area (Å²) in [5, 5.41) is 10.3. The number of halogens is 1. The molecule has 0 atom stereocenters. The first-order valence-electron chi connectivity index (χ1n) is 8.60. The molecule has 3 aromatic rings. The molecule has 0 aliphatic carbocycles. The normalized spacial score (nSPS) is 10.6. The van der Waals surface area contributed by atoms with Gasteiger partial charge in [-0.15, -0.1) is 11.3 Å². The number of thiophene rings is 1. The lowest BCUT2D eigenvalue weighted by atomic mass is 10.1. The van der Waals surface area contributed by atoms with E-state index < -0.39 is 0 Å². The molecule has 0 aliphatic heterocycles. The van der Waals surface area contributed by atoms with Crippen LogP contribution in [0.15, 0.2) is 48.5 Å². The summed E-state index contributed by atoms with van der Waals surface area (Å²) < 4.78 is 6.16. The van der Waals surface area contributed by atoms with Crippen molar-refractivity contribution in [2.45, 2.75) is 12.8 Å². The Bertz CT molecular complexity index is 979. The fourth-order valence-corrected chi connectivity index (χ4v) is 4.37. The molecule has 3 rings (SSSR count). The number of benzene rings is 2. The lowest BCUT2D eigenvalue weighted by Gasteiger charge is -2.21. The quantitative estimate of drug-likeness (QED) is 0.552. The van der Waals surface area contributed by atoms with Crippen molar-refractivity contribution in [1.29, 1.82) is 5.26 Å². The average molecular weight is 399 g/mol. The van der Waals surface area contributed by atoms with Gasteiger partial charge in [0.05, 0.1) is 24.6 Å². The standard InChI is InChI=1S/C21H19ClN2O2S/c1-26-16-8-9-17-18(14-16)27-20(19(17)22)21(25)24(12-5-11-23)13-10-15-6-3-2-4-7-15/h2-4,6-9,14H,5,10,12-13H2,1H3. The summed E-state index contributed by atoms with van der Waals surface area (Å²) in [5.41, 5.74) is 1.15. The minimum absolute atomic E-state index is 0.133. The van der Waals surface area contributed by atoms with Gasteiger partial charge in [-0.1, -0.05) is 41.9 Å². The largest absolute Gasteiger partial charge is 0.497 e. The van der Waals surface area contributed by atoms with Gasteiger partial charge in [-0.05, 0) is 30.2 Å². The second kappa shape index (κ2) is 8.90. The molecule has 1 heterocycles. The number of fused-ring (bicyclic) bond motifs is 1. The van der Waals surface area contributed by atoms with Crippen LogP contribution in [0.3, 0.4) is 0 Å². The Balaban J connectivity index is 1.85. The monoisotopic (exact) mass is 398 g/mol. The average Bonchev–Trinajstić information content (AvgIpc) is 3.04. The second-order valence-corrected chi connectivity index (χ2v) is 7.47. The maximum absolute atomic E-state index is 13.1. The molecule has 0 radical (unpaired) electrons. The molecule has 138 valence electrons. The van der Waals surface area contributed by atoms with E-state index in [1.54, 1.807) is 12.0 Å². The third-order valence-corrected chi connectivity index (χ3v) is 5.97. The van der Waals surface area contributed by atoms with Crippen LogP contribution in [0.1, 0.15) is 21.7 Å². The molecule has 0 fully saturated rings. The maximum Gasteiger partial charge on any atom is 0.265 e. The van der Waals surface area contributed by atoms with E-state index in [2.05, 4.69) is 6.07 Å². The van der Waals surface area contributed by atoms with Gasteiger partial charge in [0.25, 0.3) is 5.91 Å². The zero-order valence-corrected chi connectivity index (χ0v) is 16.5. The second-order valence-electron chi connectivity index (χ2n) is 6.04. The zero-order valence-electron chi connectivity index (χ0n) is 14.9. The highest BCUT2D eigenvalue weighted by Crippen LogP contribution is 2.37. The molecule has 27 heavy (non-hydrogen) atoms. The minimum atomic E-state index is -0.133. The molecule has 0 aliphatic rings. The molecule has 0 spiro atoms. The highest BCUT2D eigenvalue weighted by Gasteiger charge is 2.22. The number of hydrogen-bond donors (Lipinski definition) is 0. The van der Waals surface area contributed by atoms with Gasteiger partial charge in [-0.25, -0.2) is 0 Å². The minimum Gasteiger partial charge on any atom is -0.497 e. The van der Waals surface area contributed by atoms with E-state index in [0.29, 0.717) is 23.0 Å². The van der Waals surface area contributed by atoms with E-state index in [1.165, 1.54) is 11.3 Å². The molecule has 0 saturated heterocycles.